The Morgan fingerprint density at radius 3 is 2.51 bits per heavy atom. The van der Waals surface area contributed by atoms with Crippen LogP contribution in [0.5, 0.6) is 17.2 Å². The number of aryl methyl sites for hydroxylation is 1. The van der Waals surface area contributed by atoms with Crippen molar-refractivity contribution in [1.29, 1.82) is 0 Å². The average Bonchev–Trinajstić information content (AvgIpc) is 3.08. The summed E-state index contributed by atoms with van der Waals surface area (Å²) >= 11 is 0. The van der Waals surface area contributed by atoms with Gasteiger partial charge in [0.1, 0.15) is 36.0 Å². The summed E-state index contributed by atoms with van der Waals surface area (Å²) in [6.45, 7) is 8.72. The van der Waals surface area contributed by atoms with Crippen LogP contribution in [-0.2, 0) is 27.3 Å². The quantitative estimate of drug-likeness (QED) is 0.223. The van der Waals surface area contributed by atoms with E-state index in [1.807, 2.05) is 60.7 Å². The number of fused-ring (bicyclic) bond motifs is 1. The summed E-state index contributed by atoms with van der Waals surface area (Å²) < 4.78 is 29.0. The number of amides is 2. The molecule has 2 amide bonds. The summed E-state index contributed by atoms with van der Waals surface area (Å²) in [6, 6.07) is 20.7. The standard InChI is InChI=1S/C38H49N3O8/c1-38(2,3)49-37(44)40-24-31(27-48-33-15-12-28-10-7-18-39(19-20-42)34(28)23-33)41(36(43)25-40)30-13-16-32(17-14-30)47-22-8-21-46-26-29-9-5-6-11-35(29)45-4/h5-6,9,11-17,23,31,42H,7-8,10,18-22,24-27H2,1-4H3/t31-/m1/s1. The maximum atomic E-state index is 13.6. The molecule has 0 saturated carbocycles. The average molecular weight is 676 g/mol. The first-order valence-electron chi connectivity index (χ1n) is 17.0. The number of nitrogens with zero attached hydrogens (tertiary/aromatic N) is 3. The summed E-state index contributed by atoms with van der Waals surface area (Å²) in [5.41, 5.74) is 3.28. The van der Waals surface area contributed by atoms with Crippen molar-refractivity contribution in [2.24, 2.45) is 0 Å². The number of aliphatic hydroxyl groups is 1. The van der Waals surface area contributed by atoms with Crippen LogP contribution in [0.25, 0.3) is 0 Å². The van der Waals surface area contributed by atoms with Crippen LogP contribution in [0.15, 0.2) is 66.7 Å². The van der Waals surface area contributed by atoms with E-state index < -0.39 is 17.7 Å². The maximum Gasteiger partial charge on any atom is 0.410 e. The van der Waals surface area contributed by atoms with E-state index in [2.05, 4.69) is 11.0 Å². The van der Waals surface area contributed by atoms with Gasteiger partial charge in [0, 0.05) is 49.1 Å². The molecule has 3 aromatic carbocycles. The van der Waals surface area contributed by atoms with Gasteiger partial charge >= 0.3 is 6.09 Å². The summed E-state index contributed by atoms with van der Waals surface area (Å²) in [6.07, 6.45) is 2.19. The van der Waals surface area contributed by atoms with Crippen LogP contribution < -0.4 is 24.0 Å². The van der Waals surface area contributed by atoms with Gasteiger partial charge in [-0.25, -0.2) is 4.79 Å². The van der Waals surface area contributed by atoms with Gasteiger partial charge < -0.3 is 38.6 Å². The van der Waals surface area contributed by atoms with Gasteiger partial charge in [-0.3, -0.25) is 9.69 Å². The van der Waals surface area contributed by atoms with Crippen LogP contribution in [0.1, 0.15) is 44.7 Å². The third kappa shape index (κ3) is 9.79. The molecule has 2 aliphatic rings. The molecule has 0 spiro atoms. The minimum Gasteiger partial charge on any atom is -0.496 e. The highest BCUT2D eigenvalue weighted by Crippen LogP contribution is 2.32. The zero-order valence-corrected chi connectivity index (χ0v) is 29.1. The van der Waals surface area contributed by atoms with Crippen LogP contribution in [-0.4, -0.2) is 93.4 Å². The van der Waals surface area contributed by atoms with Gasteiger partial charge in [-0.05, 0) is 75.6 Å². The highest BCUT2D eigenvalue weighted by molar-refractivity contribution is 5.98. The van der Waals surface area contributed by atoms with Crippen molar-refractivity contribution in [1.82, 2.24) is 4.90 Å². The molecule has 2 aliphatic heterocycles. The van der Waals surface area contributed by atoms with Crippen molar-refractivity contribution < 1.29 is 38.4 Å². The van der Waals surface area contributed by atoms with Crippen molar-refractivity contribution in [3.8, 4) is 17.2 Å². The third-order valence-corrected chi connectivity index (χ3v) is 8.39. The van der Waals surface area contributed by atoms with Gasteiger partial charge in [-0.2, -0.15) is 0 Å². The Hall–Kier alpha value is -4.48. The molecule has 0 aromatic heterocycles. The summed E-state index contributed by atoms with van der Waals surface area (Å²) in [5.74, 6) is 1.93. The first kappa shape index (κ1) is 35.8. The molecule has 264 valence electrons. The number of hydrogen-bond donors (Lipinski definition) is 1. The van der Waals surface area contributed by atoms with Crippen LogP contribution in [0.3, 0.4) is 0 Å². The monoisotopic (exact) mass is 675 g/mol. The molecule has 0 unspecified atom stereocenters. The third-order valence-electron chi connectivity index (χ3n) is 8.39. The van der Waals surface area contributed by atoms with Crippen LogP contribution in [0, 0.1) is 0 Å². The van der Waals surface area contributed by atoms with Crippen LogP contribution in [0.2, 0.25) is 0 Å². The van der Waals surface area contributed by atoms with E-state index in [-0.39, 0.29) is 32.2 Å². The lowest BCUT2D eigenvalue weighted by Crippen LogP contribution is -2.60. The molecule has 1 N–H and O–H groups in total. The molecular formula is C38H49N3O8. The molecular weight excluding hydrogens is 626 g/mol. The molecule has 0 bridgehead atoms. The fourth-order valence-electron chi connectivity index (χ4n) is 6.12. The second-order valence-corrected chi connectivity index (χ2v) is 13.3. The van der Waals surface area contributed by atoms with E-state index in [1.165, 1.54) is 10.5 Å². The molecule has 5 rings (SSSR count). The van der Waals surface area contributed by atoms with E-state index in [9.17, 15) is 14.7 Å². The summed E-state index contributed by atoms with van der Waals surface area (Å²) in [5, 5.41) is 9.56. The molecule has 1 atom stereocenters. The van der Waals surface area contributed by atoms with Crippen molar-refractivity contribution in [2.75, 3.05) is 69.5 Å². The Morgan fingerprint density at radius 2 is 1.76 bits per heavy atom. The van der Waals surface area contributed by atoms with Crippen molar-refractivity contribution in [3.63, 3.8) is 0 Å². The van der Waals surface area contributed by atoms with Gasteiger partial charge in [-0.1, -0.05) is 24.3 Å². The van der Waals surface area contributed by atoms with E-state index in [0.29, 0.717) is 50.0 Å². The van der Waals surface area contributed by atoms with Gasteiger partial charge in [0.25, 0.3) is 0 Å². The molecule has 3 aromatic rings. The Bertz CT molecular complexity index is 1540. The van der Waals surface area contributed by atoms with Gasteiger partial charge in [0.2, 0.25) is 5.91 Å². The highest BCUT2D eigenvalue weighted by Gasteiger charge is 2.38. The predicted octanol–water partition coefficient (Wildman–Crippen LogP) is 5.46. The predicted molar refractivity (Wildman–Crippen MR) is 188 cm³/mol. The fraction of sp³-hybridized carbons (Fsp3) is 0.474. The Kier molecular flexibility index (Phi) is 12.2. The lowest BCUT2D eigenvalue weighted by Gasteiger charge is -2.41. The lowest BCUT2D eigenvalue weighted by atomic mass is 10.0. The number of aliphatic hydroxyl groups excluding tert-OH is 1. The zero-order valence-electron chi connectivity index (χ0n) is 29.1. The smallest absolute Gasteiger partial charge is 0.410 e. The van der Waals surface area contributed by atoms with Gasteiger partial charge in [-0.15, -0.1) is 0 Å². The second kappa shape index (κ2) is 16.8. The first-order chi connectivity index (χ1) is 23.6. The van der Waals surface area contributed by atoms with Gasteiger partial charge in [0.05, 0.1) is 39.6 Å². The van der Waals surface area contributed by atoms with Crippen molar-refractivity contribution in [2.45, 2.75) is 58.3 Å². The number of piperazine rings is 1. The van der Waals surface area contributed by atoms with Crippen LogP contribution >= 0.6 is 0 Å². The number of rotatable bonds is 14. The highest BCUT2D eigenvalue weighted by atomic mass is 16.6. The Morgan fingerprint density at radius 1 is 0.980 bits per heavy atom. The molecule has 11 heteroatoms. The maximum absolute atomic E-state index is 13.6. The van der Waals surface area contributed by atoms with E-state index >= 15 is 0 Å². The molecule has 1 fully saturated rings. The van der Waals surface area contributed by atoms with E-state index in [4.69, 9.17) is 23.7 Å². The number of carbonyl (C=O) groups excluding carboxylic acids is 2. The lowest BCUT2D eigenvalue weighted by molar-refractivity contribution is -0.122. The SMILES string of the molecule is COc1ccccc1COCCCOc1ccc(N2C(=O)CN(C(=O)OC(C)(C)C)C[C@@H]2COc2ccc3c(c2)N(CCO)CCC3)cc1. The molecule has 11 nitrogen and oxygen atoms in total. The summed E-state index contributed by atoms with van der Waals surface area (Å²) in [4.78, 5) is 32.0. The Labute approximate surface area is 289 Å². The second-order valence-electron chi connectivity index (χ2n) is 13.3. The molecule has 1 saturated heterocycles. The van der Waals surface area contributed by atoms with Crippen molar-refractivity contribution >= 4 is 23.4 Å². The van der Waals surface area contributed by atoms with Crippen LogP contribution in [0.4, 0.5) is 16.2 Å². The summed E-state index contributed by atoms with van der Waals surface area (Å²) in [7, 11) is 1.65. The minimum absolute atomic E-state index is 0.0766. The number of carbonyl (C=O) groups is 2. The topological polar surface area (TPSA) is 110 Å². The largest absolute Gasteiger partial charge is 0.496 e. The minimum atomic E-state index is -0.690. The number of benzene rings is 3. The zero-order chi connectivity index (χ0) is 34.8. The van der Waals surface area contributed by atoms with E-state index in [1.54, 1.807) is 32.8 Å². The molecule has 49 heavy (non-hydrogen) atoms. The number of ether oxygens (including phenoxy) is 5. The number of para-hydroxylation sites is 1. The first-order valence-corrected chi connectivity index (χ1v) is 17.0. The normalized spacial score (nSPS) is 16.3. The fourth-order valence-corrected chi connectivity index (χ4v) is 6.12. The van der Waals surface area contributed by atoms with Gasteiger partial charge in [0.15, 0.2) is 0 Å². The van der Waals surface area contributed by atoms with E-state index in [0.717, 1.165) is 36.4 Å². The number of hydrogen-bond acceptors (Lipinski definition) is 9. The molecule has 0 radical (unpaired) electrons. The molecule has 2 heterocycles. The Balaban J connectivity index is 1.22. The number of anilines is 2. The molecule has 0 aliphatic carbocycles. The number of β-amino-alcohol motifs (C(OH)–C–C–N with tert-alkyl or cyclic N) is 1. The van der Waals surface area contributed by atoms with Crippen molar-refractivity contribution in [3.05, 3.63) is 77.9 Å². The number of methoxy groups -OCH3 is 1.